The molecule has 66 heavy (non-hydrogen) atoms. The molecule has 0 aromatic carbocycles. The average Bonchev–Trinajstić information content (AvgIpc) is 3.87. The van der Waals surface area contributed by atoms with E-state index in [1.807, 2.05) is 4.90 Å². The van der Waals surface area contributed by atoms with Crippen molar-refractivity contribution in [2.75, 3.05) is 33.9 Å². The lowest BCUT2D eigenvalue weighted by molar-refractivity contribution is -0.139. The summed E-state index contributed by atoms with van der Waals surface area (Å²) in [7, 11) is 3.04. The number of nitrogens with zero attached hydrogens (tertiary/aromatic N) is 8. The van der Waals surface area contributed by atoms with Crippen LogP contribution in [0.2, 0.25) is 0 Å². The molecular weight excluding hydrogens is 841 g/mol. The van der Waals surface area contributed by atoms with Gasteiger partial charge in [-0.3, -0.25) is 28.7 Å². The van der Waals surface area contributed by atoms with Gasteiger partial charge >= 0.3 is 23.7 Å². The monoisotopic (exact) mass is 909 g/mol. The van der Waals surface area contributed by atoms with Crippen LogP contribution in [-0.2, 0) is 54.7 Å². The van der Waals surface area contributed by atoms with Crippen LogP contribution in [0.5, 0.6) is 11.8 Å². The van der Waals surface area contributed by atoms with Gasteiger partial charge in [-0.15, -0.1) is 0 Å². The van der Waals surface area contributed by atoms with Gasteiger partial charge < -0.3 is 29.5 Å². The van der Waals surface area contributed by atoms with Gasteiger partial charge in [0.2, 0.25) is 11.8 Å². The van der Waals surface area contributed by atoms with Crippen molar-refractivity contribution >= 4 is 18.0 Å². The lowest BCUT2D eigenvalue weighted by atomic mass is 9.95. The molecule has 5 aromatic rings. The Morgan fingerprint density at radius 3 is 1.70 bits per heavy atom. The number of carbonyl (C=O) groups is 3. The Morgan fingerprint density at radius 2 is 1.18 bits per heavy atom. The molecule has 2 atom stereocenters. The first-order chi connectivity index (χ1) is 31.1. The molecule has 6 heterocycles. The number of carbonyl (C=O) groups excluding carboxylic acids is 1. The Balaban J connectivity index is 0.000000280. The predicted molar refractivity (Wildman–Crippen MR) is 253 cm³/mol. The third kappa shape index (κ3) is 12.8. The number of hydrogen-bond acceptors (Lipinski definition) is 10. The highest BCUT2D eigenvalue weighted by atomic mass is 16.5. The molecule has 356 valence electrons. The standard InChI is InChI=1S/C24H30N4O4.C24H28N4O4.2CH4.H2/c2*1-32-22-11-9-18(16-25-22)21(15-23(29)30)28-14-13-27(24(28)31)12-4-6-19-10-8-17-5-2-3-7-20(17)26-19;;;/h8-11,16,21H,2-7,12-15H2,1H3,(H,29,30);8-11,13-14,16,21H,2-7,12,15H2,1H3,(H,29,30);2*1H4;1H. The highest BCUT2D eigenvalue weighted by Gasteiger charge is 2.35. The Morgan fingerprint density at radius 1 is 0.667 bits per heavy atom. The van der Waals surface area contributed by atoms with Crippen molar-refractivity contribution in [2.24, 2.45) is 0 Å². The van der Waals surface area contributed by atoms with Crippen molar-refractivity contribution in [1.29, 1.82) is 0 Å². The number of aryl methyl sites for hydroxylation is 7. The first-order valence-electron chi connectivity index (χ1n) is 22.3. The second-order valence-electron chi connectivity index (χ2n) is 16.6. The topological polar surface area (TPSA) is 195 Å². The van der Waals surface area contributed by atoms with Crippen molar-refractivity contribution in [3.63, 3.8) is 0 Å². The number of imidazole rings is 1. The second-order valence-corrected chi connectivity index (χ2v) is 16.6. The Bertz CT molecular complexity index is 2440. The minimum absolute atomic E-state index is 0. The SMILES string of the molecule is C.C.COc1ccc(C(CC(=O)O)N2CCN(CCCc3ccc4c(n3)CCCC4)C2=O)cn1.COc1ccc(C(CC(=O)O)n2ccn(CCCc3ccc4c(n3)CCCC4)c2=O)cn1.[HH]. The van der Waals surface area contributed by atoms with Gasteiger partial charge in [0.15, 0.2) is 0 Å². The van der Waals surface area contributed by atoms with Crippen molar-refractivity contribution in [1.82, 2.24) is 38.9 Å². The van der Waals surface area contributed by atoms with Gasteiger partial charge in [-0.1, -0.05) is 39.1 Å². The minimum Gasteiger partial charge on any atom is -0.481 e. The van der Waals surface area contributed by atoms with Gasteiger partial charge in [0.25, 0.3) is 0 Å². The van der Waals surface area contributed by atoms with Gasteiger partial charge in [-0.05, 0) is 111 Å². The third-order valence-electron chi connectivity index (χ3n) is 12.3. The lowest BCUT2D eigenvalue weighted by Crippen LogP contribution is -2.36. The number of carboxylic acids is 2. The molecule has 2 aliphatic carbocycles. The molecule has 2 unspecified atom stereocenters. The molecule has 16 heteroatoms. The number of aliphatic carboxylic acids is 2. The van der Waals surface area contributed by atoms with E-state index in [1.54, 1.807) is 58.5 Å². The summed E-state index contributed by atoms with van der Waals surface area (Å²) in [5.41, 5.74) is 8.46. The van der Waals surface area contributed by atoms with E-state index < -0.39 is 24.0 Å². The van der Waals surface area contributed by atoms with Gasteiger partial charge in [0.1, 0.15) is 0 Å². The zero-order chi connectivity index (χ0) is 45.0. The fraction of sp³-hybridized carbons (Fsp3) is 0.480. The number of hydrogen-bond donors (Lipinski definition) is 2. The van der Waals surface area contributed by atoms with E-state index in [1.165, 1.54) is 67.0 Å². The molecule has 0 bridgehead atoms. The molecule has 0 saturated carbocycles. The zero-order valence-electron chi connectivity index (χ0n) is 36.7. The molecule has 2 amide bonds. The van der Waals surface area contributed by atoms with Crippen LogP contribution in [0.3, 0.4) is 0 Å². The molecule has 1 fully saturated rings. The van der Waals surface area contributed by atoms with Gasteiger partial charge in [0.05, 0.1) is 39.1 Å². The van der Waals surface area contributed by atoms with E-state index in [2.05, 4.69) is 34.2 Å². The van der Waals surface area contributed by atoms with Crippen LogP contribution in [0.15, 0.2) is 78.1 Å². The van der Waals surface area contributed by atoms with E-state index in [4.69, 9.17) is 19.4 Å². The van der Waals surface area contributed by atoms with E-state index in [0.717, 1.165) is 62.8 Å². The van der Waals surface area contributed by atoms with Crippen LogP contribution in [0, 0.1) is 0 Å². The summed E-state index contributed by atoms with van der Waals surface area (Å²) in [4.78, 5) is 70.4. The smallest absolute Gasteiger partial charge is 0.328 e. The summed E-state index contributed by atoms with van der Waals surface area (Å²) in [6, 6.07) is 14.2. The molecule has 5 aromatic heterocycles. The molecule has 8 rings (SSSR count). The number of urea groups is 1. The highest BCUT2D eigenvalue weighted by molar-refractivity contribution is 5.78. The molecule has 0 radical (unpaired) electrons. The van der Waals surface area contributed by atoms with Crippen LogP contribution in [0.1, 0.15) is 125 Å². The maximum absolute atomic E-state index is 13.1. The maximum atomic E-state index is 13.1. The number of methoxy groups -OCH3 is 2. The summed E-state index contributed by atoms with van der Waals surface area (Å²) < 4.78 is 13.2. The number of fused-ring (bicyclic) bond motifs is 2. The Hall–Kier alpha value is -6.58. The van der Waals surface area contributed by atoms with Crippen molar-refractivity contribution < 1.29 is 35.5 Å². The van der Waals surface area contributed by atoms with Crippen molar-refractivity contribution in [3.05, 3.63) is 129 Å². The third-order valence-corrected chi connectivity index (χ3v) is 12.3. The van der Waals surface area contributed by atoms with Crippen molar-refractivity contribution in [2.45, 2.75) is 123 Å². The lowest BCUT2D eigenvalue weighted by Gasteiger charge is -2.27. The first kappa shape index (κ1) is 50.4. The van der Waals surface area contributed by atoms with Gasteiger partial charge in [-0.25, -0.2) is 19.6 Å². The quantitative estimate of drug-likeness (QED) is 0.0868. The van der Waals surface area contributed by atoms with E-state index in [9.17, 15) is 29.4 Å². The zero-order valence-corrected chi connectivity index (χ0v) is 36.7. The summed E-state index contributed by atoms with van der Waals surface area (Å²) in [6.45, 7) is 2.27. The molecule has 0 spiro atoms. The molecule has 16 nitrogen and oxygen atoms in total. The fourth-order valence-electron chi connectivity index (χ4n) is 8.88. The normalized spacial score (nSPS) is 14.9. The predicted octanol–water partition coefficient (Wildman–Crippen LogP) is 7.79. The second kappa shape index (κ2) is 24.1. The van der Waals surface area contributed by atoms with Gasteiger partial charge in [0, 0.05) is 87.3 Å². The molecule has 2 N–H and O–H groups in total. The number of amides is 2. The number of carboxylic acid groups (broad SMARTS) is 2. The number of pyridine rings is 4. The Labute approximate surface area is 389 Å². The number of aromatic nitrogens is 6. The minimum atomic E-state index is -0.982. The maximum Gasteiger partial charge on any atom is 0.328 e. The number of rotatable bonds is 18. The fourth-order valence-corrected chi connectivity index (χ4v) is 8.88. The van der Waals surface area contributed by atoms with Crippen LogP contribution < -0.4 is 15.2 Å². The summed E-state index contributed by atoms with van der Waals surface area (Å²) in [6.07, 6.45) is 18.6. The van der Waals surface area contributed by atoms with E-state index in [0.29, 0.717) is 49.1 Å². The molecule has 3 aliphatic rings. The van der Waals surface area contributed by atoms with Crippen LogP contribution in [0.25, 0.3) is 0 Å². The first-order valence-corrected chi connectivity index (χ1v) is 22.3. The van der Waals surface area contributed by atoms with E-state index in [-0.39, 0.29) is 40.8 Å². The summed E-state index contributed by atoms with van der Waals surface area (Å²) >= 11 is 0. The van der Waals surface area contributed by atoms with Crippen LogP contribution in [-0.4, -0.2) is 101 Å². The largest absolute Gasteiger partial charge is 0.481 e. The van der Waals surface area contributed by atoms with Crippen LogP contribution >= 0.6 is 0 Å². The average molecular weight is 909 g/mol. The number of ether oxygens (including phenoxy) is 2. The van der Waals surface area contributed by atoms with Crippen molar-refractivity contribution in [3.8, 4) is 11.8 Å². The molecule has 1 aliphatic heterocycles. The van der Waals surface area contributed by atoms with Gasteiger partial charge in [-0.2, -0.15) is 0 Å². The Kier molecular flexibility index (Phi) is 18.4. The summed E-state index contributed by atoms with van der Waals surface area (Å²) in [5, 5.41) is 18.8. The van der Waals surface area contributed by atoms with Crippen LogP contribution in [0.4, 0.5) is 4.79 Å². The molecular formula is C50H68N8O8. The highest BCUT2D eigenvalue weighted by Crippen LogP contribution is 2.29. The summed E-state index contributed by atoms with van der Waals surface area (Å²) in [5.74, 6) is -1.05. The van der Waals surface area contributed by atoms with E-state index >= 15 is 0 Å². The molecule has 1 saturated heterocycles.